The zero-order chi connectivity index (χ0) is 17.1. The molecule has 1 aromatic heterocycles. The van der Waals surface area contributed by atoms with Gasteiger partial charge in [-0.15, -0.1) is 0 Å². The van der Waals surface area contributed by atoms with Gasteiger partial charge < -0.3 is 9.88 Å². The average Bonchev–Trinajstić information content (AvgIpc) is 2.91. The third-order valence-electron chi connectivity index (χ3n) is 3.66. The van der Waals surface area contributed by atoms with E-state index >= 15 is 0 Å². The van der Waals surface area contributed by atoms with Gasteiger partial charge in [0.2, 0.25) is 5.91 Å². The van der Waals surface area contributed by atoms with Crippen molar-refractivity contribution in [1.29, 1.82) is 5.26 Å². The molecule has 0 saturated carbocycles. The second kappa shape index (κ2) is 6.77. The molecule has 1 amide bonds. The van der Waals surface area contributed by atoms with Crippen LogP contribution in [0.4, 0.5) is 5.69 Å². The molecule has 3 rings (SSSR count). The van der Waals surface area contributed by atoms with Crippen molar-refractivity contribution in [2.75, 3.05) is 5.32 Å². The molecule has 6 heteroatoms. The van der Waals surface area contributed by atoms with Crippen LogP contribution in [0.2, 0.25) is 0 Å². The highest BCUT2D eigenvalue weighted by Crippen LogP contribution is 2.26. The summed E-state index contributed by atoms with van der Waals surface area (Å²) in [5.41, 5.74) is 3.09. The number of fused-ring (bicyclic) bond motifs is 1. The number of anilines is 1. The minimum atomic E-state index is -0.314. The molecule has 0 spiro atoms. The standard InChI is InChI=1S/C18H16N4OS/c1-12(17(23)20-14-7-5-6-13(10-14)11-19)24-18-21-15-8-3-4-9-16(15)22(18)2/h3-10,12H,1-2H3,(H,20,23)/t12-/m0/s1. The van der Waals surface area contributed by atoms with Gasteiger partial charge in [-0.1, -0.05) is 30.0 Å². The van der Waals surface area contributed by atoms with E-state index in [2.05, 4.69) is 16.4 Å². The number of nitrogens with zero attached hydrogens (tertiary/aromatic N) is 3. The zero-order valence-corrected chi connectivity index (χ0v) is 14.2. The lowest BCUT2D eigenvalue weighted by Gasteiger charge is -2.12. The van der Waals surface area contributed by atoms with Crippen LogP contribution in [0.1, 0.15) is 12.5 Å². The quantitative estimate of drug-likeness (QED) is 0.740. The number of carbonyl (C=O) groups excluding carboxylic acids is 1. The number of aromatic nitrogens is 2. The van der Waals surface area contributed by atoms with Gasteiger partial charge in [0.1, 0.15) is 0 Å². The van der Waals surface area contributed by atoms with Gasteiger partial charge in [-0.2, -0.15) is 5.26 Å². The molecular formula is C18H16N4OS. The monoisotopic (exact) mass is 336 g/mol. The van der Waals surface area contributed by atoms with E-state index in [1.807, 2.05) is 42.8 Å². The topological polar surface area (TPSA) is 70.7 Å². The molecule has 5 nitrogen and oxygen atoms in total. The van der Waals surface area contributed by atoms with Gasteiger partial charge >= 0.3 is 0 Å². The third-order valence-corrected chi connectivity index (χ3v) is 4.80. The summed E-state index contributed by atoms with van der Waals surface area (Å²) >= 11 is 1.41. The van der Waals surface area contributed by atoms with E-state index in [4.69, 9.17) is 5.26 Å². The Morgan fingerprint density at radius 1 is 1.29 bits per heavy atom. The van der Waals surface area contributed by atoms with Crippen LogP contribution in [0.3, 0.4) is 0 Å². The first-order valence-corrected chi connectivity index (χ1v) is 8.35. The van der Waals surface area contributed by atoms with Gasteiger partial charge in [0.15, 0.2) is 5.16 Å². The third kappa shape index (κ3) is 3.26. The maximum Gasteiger partial charge on any atom is 0.237 e. The Kier molecular flexibility index (Phi) is 4.54. The van der Waals surface area contributed by atoms with E-state index in [1.54, 1.807) is 24.3 Å². The fourth-order valence-corrected chi connectivity index (χ4v) is 3.24. The lowest BCUT2D eigenvalue weighted by atomic mass is 10.2. The Morgan fingerprint density at radius 3 is 2.83 bits per heavy atom. The van der Waals surface area contributed by atoms with E-state index in [-0.39, 0.29) is 11.2 Å². The van der Waals surface area contributed by atoms with Crippen molar-refractivity contribution in [1.82, 2.24) is 9.55 Å². The van der Waals surface area contributed by atoms with Crippen molar-refractivity contribution >= 4 is 34.4 Å². The molecular weight excluding hydrogens is 320 g/mol. The van der Waals surface area contributed by atoms with Crippen LogP contribution in [0.15, 0.2) is 53.7 Å². The number of amides is 1. The highest BCUT2D eigenvalue weighted by atomic mass is 32.2. The predicted molar refractivity (Wildman–Crippen MR) is 95.8 cm³/mol. The van der Waals surface area contributed by atoms with Gasteiger partial charge in [0.25, 0.3) is 0 Å². The van der Waals surface area contributed by atoms with Gasteiger partial charge in [0, 0.05) is 12.7 Å². The second-order valence-electron chi connectivity index (χ2n) is 5.38. The number of thioether (sulfide) groups is 1. The molecule has 0 aliphatic carbocycles. The molecule has 0 aliphatic heterocycles. The van der Waals surface area contributed by atoms with Crippen LogP contribution in [0, 0.1) is 11.3 Å². The van der Waals surface area contributed by atoms with Gasteiger partial charge in [-0.25, -0.2) is 4.98 Å². The molecule has 2 aromatic carbocycles. The molecule has 1 atom stereocenters. The summed E-state index contributed by atoms with van der Waals surface area (Å²) in [6, 6.07) is 16.8. The van der Waals surface area contributed by atoms with E-state index in [0.717, 1.165) is 16.2 Å². The first-order valence-electron chi connectivity index (χ1n) is 7.47. The largest absolute Gasteiger partial charge is 0.325 e. The summed E-state index contributed by atoms with van der Waals surface area (Å²) < 4.78 is 1.99. The second-order valence-corrected chi connectivity index (χ2v) is 6.69. The molecule has 24 heavy (non-hydrogen) atoms. The first-order chi connectivity index (χ1) is 11.6. The van der Waals surface area contributed by atoms with Crippen LogP contribution in [-0.4, -0.2) is 20.7 Å². The smallest absolute Gasteiger partial charge is 0.237 e. The van der Waals surface area contributed by atoms with E-state index in [9.17, 15) is 4.79 Å². The molecule has 0 aliphatic rings. The van der Waals surface area contributed by atoms with Crippen molar-refractivity contribution in [2.45, 2.75) is 17.3 Å². The SMILES string of the molecule is C[C@H](Sc1nc2ccccc2n1C)C(=O)Nc1cccc(C#N)c1. The fraction of sp³-hybridized carbons (Fsp3) is 0.167. The zero-order valence-electron chi connectivity index (χ0n) is 13.4. The van der Waals surface area contributed by atoms with Crippen LogP contribution >= 0.6 is 11.8 Å². The predicted octanol–water partition coefficient (Wildman–Crippen LogP) is 3.56. The number of nitriles is 1. The van der Waals surface area contributed by atoms with Crippen LogP contribution in [0.5, 0.6) is 0 Å². The maximum atomic E-state index is 12.4. The van der Waals surface area contributed by atoms with Gasteiger partial charge in [0.05, 0.1) is 27.9 Å². The number of hydrogen-bond acceptors (Lipinski definition) is 4. The first kappa shape index (κ1) is 16.1. The number of carbonyl (C=O) groups is 1. The molecule has 120 valence electrons. The lowest BCUT2D eigenvalue weighted by Crippen LogP contribution is -2.22. The van der Waals surface area contributed by atoms with Gasteiger partial charge in [-0.05, 0) is 37.3 Å². The molecule has 1 N–H and O–H groups in total. The molecule has 0 radical (unpaired) electrons. The van der Waals surface area contributed by atoms with Crippen molar-refractivity contribution < 1.29 is 4.79 Å². The molecule has 1 heterocycles. The Hall–Kier alpha value is -2.78. The van der Waals surface area contributed by atoms with E-state index in [1.165, 1.54) is 11.8 Å². The highest BCUT2D eigenvalue weighted by Gasteiger charge is 2.18. The van der Waals surface area contributed by atoms with E-state index < -0.39 is 0 Å². The van der Waals surface area contributed by atoms with Crippen LogP contribution < -0.4 is 5.32 Å². The number of aryl methyl sites for hydroxylation is 1. The minimum Gasteiger partial charge on any atom is -0.325 e. The number of para-hydroxylation sites is 2. The van der Waals surface area contributed by atoms with Crippen molar-refractivity contribution in [3.63, 3.8) is 0 Å². The van der Waals surface area contributed by atoms with E-state index in [0.29, 0.717) is 11.3 Å². The number of imidazole rings is 1. The highest BCUT2D eigenvalue weighted by molar-refractivity contribution is 8.00. The summed E-state index contributed by atoms with van der Waals surface area (Å²) in [6.07, 6.45) is 0. The number of rotatable bonds is 4. The molecule has 0 unspecified atom stereocenters. The van der Waals surface area contributed by atoms with Crippen LogP contribution in [0.25, 0.3) is 11.0 Å². The molecule has 3 aromatic rings. The Morgan fingerprint density at radius 2 is 2.08 bits per heavy atom. The maximum absolute atomic E-state index is 12.4. The summed E-state index contributed by atoms with van der Waals surface area (Å²) in [6.45, 7) is 1.84. The molecule has 0 saturated heterocycles. The number of benzene rings is 2. The minimum absolute atomic E-state index is 0.123. The average molecular weight is 336 g/mol. The molecule has 0 fully saturated rings. The Bertz CT molecular complexity index is 942. The summed E-state index contributed by atoms with van der Waals surface area (Å²) in [4.78, 5) is 17.0. The van der Waals surface area contributed by atoms with Crippen molar-refractivity contribution in [3.05, 3.63) is 54.1 Å². The molecule has 0 bridgehead atoms. The van der Waals surface area contributed by atoms with Crippen molar-refractivity contribution in [3.8, 4) is 6.07 Å². The summed E-state index contributed by atoms with van der Waals surface area (Å²) in [7, 11) is 1.94. The fourth-order valence-electron chi connectivity index (χ4n) is 2.35. The van der Waals surface area contributed by atoms with Crippen LogP contribution in [-0.2, 0) is 11.8 Å². The Labute approximate surface area is 144 Å². The number of nitrogens with one attached hydrogen (secondary N) is 1. The summed E-state index contributed by atoms with van der Waals surface area (Å²) in [5, 5.41) is 12.2. The summed E-state index contributed by atoms with van der Waals surface area (Å²) in [5.74, 6) is -0.123. The van der Waals surface area contributed by atoms with Crippen molar-refractivity contribution in [2.24, 2.45) is 7.05 Å². The lowest BCUT2D eigenvalue weighted by molar-refractivity contribution is -0.115. The normalized spacial score (nSPS) is 11.9. The Balaban J connectivity index is 1.73. The van der Waals surface area contributed by atoms with Gasteiger partial charge in [-0.3, -0.25) is 4.79 Å². The number of hydrogen-bond donors (Lipinski definition) is 1.